The molecule has 0 aliphatic heterocycles. The Hall–Kier alpha value is -1.35. The molecule has 3 rings (SSSR count). The van der Waals surface area contributed by atoms with Gasteiger partial charge >= 0.3 is 0 Å². The summed E-state index contributed by atoms with van der Waals surface area (Å²) in [5.74, 6) is 0.782. The predicted octanol–water partition coefficient (Wildman–Crippen LogP) is 4.93. The van der Waals surface area contributed by atoms with Crippen molar-refractivity contribution >= 4 is 17.0 Å². The van der Waals surface area contributed by atoms with Gasteiger partial charge in [-0.05, 0) is 42.7 Å². The molecule has 0 radical (unpaired) electrons. The van der Waals surface area contributed by atoms with Crippen LogP contribution in [0.2, 0.25) is 0 Å². The number of thiazole rings is 1. The van der Waals surface area contributed by atoms with Gasteiger partial charge in [-0.25, -0.2) is 4.98 Å². The molecule has 2 nitrogen and oxygen atoms in total. The van der Waals surface area contributed by atoms with Crippen LogP contribution >= 0.6 is 11.3 Å². The van der Waals surface area contributed by atoms with Crippen molar-refractivity contribution in [3.8, 4) is 10.6 Å². The second-order valence-electron chi connectivity index (χ2n) is 6.80. The maximum atomic E-state index is 5.89. The molecule has 2 aromatic rings. The molecule has 21 heavy (non-hydrogen) atoms. The Morgan fingerprint density at radius 3 is 2.90 bits per heavy atom. The number of aryl methyl sites for hydroxylation is 1. The number of nitrogen functional groups attached to an aromatic ring is 1. The number of hydrogen-bond donors (Lipinski definition) is 1. The summed E-state index contributed by atoms with van der Waals surface area (Å²) in [4.78, 5) is 6.36. The van der Waals surface area contributed by atoms with E-state index in [1.54, 1.807) is 0 Å². The maximum absolute atomic E-state index is 5.89. The lowest BCUT2D eigenvalue weighted by Crippen LogP contribution is -2.28. The normalized spacial score (nSPS) is 18.5. The fourth-order valence-corrected chi connectivity index (χ4v) is 4.31. The lowest BCUT2D eigenvalue weighted by molar-refractivity contribution is 0.183. The first kappa shape index (κ1) is 14.6. The molecular weight excluding hydrogens is 276 g/mol. The van der Waals surface area contributed by atoms with Gasteiger partial charge < -0.3 is 5.73 Å². The molecule has 0 amide bonds. The zero-order chi connectivity index (χ0) is 15.0. The van der Waals surface area contributed by atoms with Crippen molar-refractivity contribution in [2.75, 3.05) is 5.73 Å². The molecule has 1 aromatic heterocycles. The van der Waals surface area contributed by atoms with Crippen LogP contribution in [0.5, 0.6) is 0 Å². The summed E-state index contributed by atoms with van der Waals surface area (Å²) in [6, 6.07) is 8.07. The SMILES string of the molecule is CCC(C)(C)C1CCc2nc(-c3cccc(N)c3)sc2C1. The number of aromatic nitrogens is 1. The van der Waals surface area contributed by atoms with E-state index < -0.39 is 0 Å². The van der Waals surface area contributed by atoms with Crippen LogP contribution in [0, 0.1) is 11.3 Å². The molecule has 0 fully saturated rings. The molecule has 0 saturated carbocycles. The summed E-state index contributed by atoms with van der Waals surface area (Å²) in [5.41, 5.74) is 9.61. The van der Waals surface area contributed by atoms with E-state index in [4.69, 9.17) is 10.7 Å². The molecule has 0 saturated heterocycles. The molecule has 1 heterocycles. The summed E-state index contributed by atoms with van der Waals surface area (Å²) in [7, 11) is 0. The Morgan fingerprint density at radius 1 is 1.38 bits per heavy atom. The Labute approximate surface area is 131 Å². The van der Waals surface area contributed by atoms with Gasteiger partial charge in [0, 0.05) is 16.1 Å². The zero-order valence-electron chi connectivity index (χ0n) is 13.1. The Morgan fingerprint density at radius 2 is 2.19 bits per heavy atom. The van der Waals surface area contributed by atoms with Crippen molar-refractivity contribution < 1.29 is 0 Å². The standard InChI is InChI=1S/C18H24N2S/c1-4-18(2,3)13-8-9-15-16(11-13)21-17(20-15)12-6-5-7-14(19)10-12/h5-7,10,13H,4,8-9,11,19H2,1-3H3. The number of rotatable bonds is 3. The topological polar surface area (TPSA) is 38.9 Å². The lowest BCUT2D eigenvalue weighted by Gasteiger charge is -2.35. The monoisotopic (exact) mass is 300 g/mol. The average Bonchev–Trinajstić information content (AvgIpc) is 2.90. The Kier molecular flexibility index (Phi) is 3.78. The smallest absolute Gasteiger partial charge is 0.123 e. The number of hydrogen-bond acceptors (Lipinski definition) is 3. The molecule has 1 unspecified atom stereocenters. The fraction of sp³-hybridized carbons (Fsp3) is 0.500. The zero-order valence-corrected chi connectivity index (χ0v) is 14.0. The van der Waals surface area contributed by atoms with E-state index in [0.717, 1.165) is 28.6 Å². The van der Waals surface area contributed by atoms with Crippen LogP contribution in [-0.4, -0.2) is 4.98 Å². The van der Waals surface area contributed by atoms with Crippen molar-refractivity contribution in [2.24, 2.45) is 11.3 Å². The summed E-state index contributed by atoms with van der Waals surface area (Å²) in [6.07, 6.45) is 4.83. The van der Waals surface area contributed by atoms with Crippen LogP contribution in [-0.2, 0) is 12.8 Å². The molecule has 1 aromatic carbocycles. The fourth-order valence-electron chi connectivity index (χ4n) is 3.13. The van der Waals surface area contributed by atoms with Gasteiger partial charge in [-0.2, -0.15) is 0 Å². The summed E-state index contributed by atoms with van der Waals surface area (Å²) < 4.78 is 0. The minimum Gasteiger partial charge on any atom is -0.399 e. The molecule has 0 bridgehead atoms. The van der Waals surface area contributed by atoms with Crippen molar-refractivity contribution in [1.29, 1.82) is 0 Å². The summed E-state index contributed by atoms with van der Waals surface area (Å²) in [5, 5.41) is 1.13. The number of nitrogens with two attached hydrogens (primary N) is 1. The second-order valence-corrected chi connectivity index (χ2v) is 7.88. The van der Waals surface area contributed by atoms with Crippen molar-refractivity contribution in [3.63, 3.8) is 0 Å². The molecule has 0 spiro atoms. The first-order valence-corrected chi connectivity index (χ1v) is 8.65. The summed E-state index contributed by atoms with van der Waals surface area (Å²) in [6.45, 7) is 7.12. The molecule has 112 valence electrons. The van der Waals surface area contributed by atoms with E-state index in [1.807, 2.05) is 29.5 Å². The van der Waals surface area contributed by atoms with Crippen LogP contribution in [0.1, 0.15) is 44.2 Å². The van der Waals surface area contributed by atoms with Crippen LogP contribution in [0.3, 0.4) is 0 Å². The van der Waals surface area contributed by atoms with Crippen molar-refractivity contribution in [1.82, 2.24) is 4.98 Å². The van der Waals surface area contributed by atoms with E-state index in [2.05, 4.69) is 26.8 Å². The molecule has 3 heteroatoms. The lowest BCUT2D eigenvalue weighted by atomic mass is 9.70. The molecule has 2 N–H and O–H groups in total. The largest absolute Gasteiger partial charge is 0.399 e. The third-order valence-corrected chi connectivity index (χ3v) is 6.26. The van der Waals surface area contributed by atoms with Crippen molar-refractivity contribution in [3.05, 3.63) is 34.8 Å². The highest BCUT2D eigenvalue weighted by atomic mass is 32.1. The quantitative estimate of drug-likeness (QED) is 0.816. The molecule has 1 atom stereocenters. The third-order valence-electron chi connectivity index (χ3n) is 5.09. The second kappa shape index (κ2) is 5.45. The van der Waals surface area contributed by atoms with Gasteiger partial charge in [0.05, 0.1) is 5.69 Å². The van der Waals surface area contributed by atoms with Gasteiger partial charge in [-0.1, -0.05) is 39.3 Å². The van der Waals surface area contributed by atoms with E-state index in [9.17, 15) is 0 Å². The highest BCUT2D eigenvalue weighted by molar-refractivity contribution is 7.15. The van der Waals surface area contributed by atoms with Gasteiger partial charge in [-0.15, -0.1) is 11.3 Å². The first-order valence-electron chi connectivity index (χ1n) is 7.84. The van der Waals surface area contributed by atoms with Crippen LogP contribution < -0.4 is 5.73 Å². The van der Waals surface area contributed by atoms with Crippen LogP contribution in [0.15, 0.2) is 24.3 Å². The maximum Gasteiger partial charge on any atom is 0.123 e. The highest BCUT2D eigenvalue weighted by Gasteiger charge is 2.32. The van der Waals surface area contributed by atoms with Gasteiger partial charge in [-0.3, -0.25) is 0 Å². The van der Waals surface area contributed by atoms with E-state index >= 15 is 0 Å². The van der Waals surface area contributed by atoms with E-state index in [-0.39, 0.29) is 0 Å². The summed E-state index contributed by atoms with van der Waals surface area (Å²) >= 11 is 1.86. The van der Waals surface area contributed by atoms with Crippen LogP contribution in [0.4, 0.5) is 5.69 Å². The number of fused-ring (bicyclic) bond motifs is 1. The molecule has 1 aliphatic carbocycles. The number of nitrogens with zero attached hydrogens (tertiary/aromatic N) is 1. The number of benzene rings is 1. The van der Waals surface area contributed by atoms with Gasteiger partial charge in [0.15, 0.2) is 0 Å². The Balaban J connectivity index is 1.88. The predicted molar refractivity (Wildman–Crippen MR) is 91.5 cm³/mol. The third kappa shape index (κ3) is 2.84. The Bertz CT molecular complexity index is 642. The van der Waals surface area contributed by atoms with Gasteiger partial charge in [0.1, 0.15) is 5.01 Å². The van der Waals surface area contributed by atoms with E-state index in [1.165, 1.54) is 29.8 Å². The van der Waals surface area contributed by atoms with Crippen LogP contribution in [0.25, 0.3) is 10.6 Å². The van der Waals surface area contributed by atoms with Gasteiger partial charge in [0.2, 0.25) is 0 Å². The number of anilines is 1. The van der Waals surface area contributed by atoms with Gasteiger partial charge in [0.25, 0.3) is 0 Å². The minimum atomic E-state index is 0.430. The first-order chi connectivity index (χ1) is 9.99. The minimum absolute atomic E-state index is 0.430. The molecular formula is C18H24N2S. The average molecular weight is 300 g/mol. The van der Waals surface area contributed by atoms with E-state index in [0.29, 0.717) is 5.41 Å². The highest BCUT2D eigenvalue weighted by Crippen LogP contribution is 2.42. The molecule has 1 aliphatic rings. The van der Waals surface area contributed by atoms with Crippen molar-refractivity contribution in [2.45, 2.75) is 46.5 Å².